The summed E-state index contributed by atoms with van der Waals surface area (Å²) in [6.45, 7) is 5.22. The van der Waals surface area contributed by atoms with Crippen molar-refractivity contribution in [3.05, 3.63) is 84.3 Å². The molecule has 1 aliphatic heterocycles. The Morgan fingerprint density at radius 3 is 2.61 bits per heavy atom. The molecule has 0 radical (unpaired) electrons. The fourth-order valence-electron chi connectivity index (χ4n) is 4.52. The van der Waals surface area contributed by atoms with Crippen LogP contribution >= 0.6 is 11.3 Å². The van der Waals surface area contributed by atoms with E-state index in [4.69, 9.17) is 4.74 Å². The third-order valence-electron chi connectivity index (χ3n) is 6.87. The molecule has 2 amide bonds. The highest BCUT2D eigenvalue weighted by molar-refractivity contribution is 7.10. The zero-order valence-electron chi connectivity index (χ0n) is 21.0. The summed E-state index contributed by atoms with van der Waals surface area (Å²) in [5.41, 5.74) is 1.82. The number of rotatable bonds is 6. The number of aryl methyl sites for hydroxylation is 2. The molecule has 10 nitrogen and oxygen atoms in total. The quantitative estimate of drug-likeness (QED) is 0.348. The number of carbonyl (C=O) groups excluding carboxylic acids is 2. The number of anilines is 1. The smallest absolute Gasteiger partial charge is 0.275 e. The molecule has 4 aromatic rings. The largest absolute Gasteiger partial charge is 0.484 e. The van der Waals surface area contributed by atoms with Crippen molar-refractivity contribution < 1.29 is 14.3 Å². The number of aromatic nitrogens is 3. The van der Waals surface area contributed by atoms with Crippen LogP contribution in [-0.4, -0.2) is 51.6 Å². The first-order valence-corrected chi connectivity index (χ1v) is 13.2. The van der Waals surface area contributed by atoms with E-state index in [1.807, 2.05) is 32.0 Å². The topological polar surface area (TPSA) is 137 Å². The lowest BCUT2D eigenvalue weighted by molar-refractivity contribution is -0.134. The Hall–Kier alpha value is -4.25. The summed E-state index contributed by atoms with van der Waals surface area (Å²) in [4.78, 5) is 56.2. The number of hydrogen-bond acceptors (Lipinski definition) is 7. The number of H-pyrrole nitrogens is 2. The number of aromatic amines is 2. The molecule has 1 aliphatic rings. The van der Waals surface area contributed by atoms with Crippen LogP contribution in [0.5, 0.6) is 5.75 Å². The van der Waals surface area contributed by atoms with Crippen molar-refractivity contribution in [3.63, 3.8) is 0 Å². The van der Waals surface area contributed by atoms with Gasteiger partial charge in [0.2, 0.25) is 0 Å². The minimum absolute atomic E-state index is 0.00237. The molecule has 3 heterocycles. The minimum Gasteiger partial charge on any atom is -0.484 e. The molecule has 2 aromatic carbocycles. The van der Waals surface area contributed by atoms with Gasteiger partial charge in [-0.15, -0.1) is 11.3 Å². The summed E-state index contributed by atoms with van der Waals surface area (Å²) in [6, 6.07) is 10.5. The average molecular weight is 534 g/mol. The first-order chi connectivity index (χ1) is 18.3. The molecule has 38 heavy (non-hydrogen) atoms. The van der Waals surface area contributed by atoms with Crippen LogP contribution in [0.1, 0.15) is 45.4 Å². The van der Waals surface area contributed by atoms with Crippen LogP contribution in [0.4, 0.5) is 5.69 Å². The van der Waals surface area contributed by atoms with Crippen LogP contribution in [0, 0.1) is 13.8 Å². The van der Waals surface area contributed by atoms with Crippen molar-refractivity contribution in [2.75, 3.05) is 25.0 Å². The third kappa shape index (κ3) is 5.23. The van der Waals surface area contributed by atoms with Crippen LogP contribution in [0.3, 0.4) is 0 Å². The van der Waals surface area contributed by atoms with Gasteiger partial charge in [-0.25, -0.2) is 4.98 Å². The molecule has 5 rings (SSSR count). The van der Waals surface area contributed by atoms with Crippen LogP contribution in [0.15, 0.2) is 51.4 Å². The van der Waals surface area contributed by atoms with Gasteiger partial charge in [0.1, 0.15) is 11.4 Å². The molecule has 196 valence electrons. The van der Waals surface area contributed by atoms with Crippen molar-refractivity contribution >= 4 is 39.6 Å². The average Bonchev–Trinajstić information content (AvgIpc) is 3.42. The van der Waals surface area contributed by atoms with Crippen molar-refractivity contribution in [2.24, 2.45) is 0 Å². The number of thiazole rings is 1. The zero-order valence-corrected chi connectivity index (χ0v) is 21.8. The van der Waals surface area contributed by atoms with E-state index in [2.05, 4.69) is 20.5 Å². The number of ether oxygens (including phenoxy) is 1. The van der Waals surface area contributed by atoms with Gasteiger partial charge in [0.25, 0.3) is 22.9 Å². The van der Waals surface area contributed by atoms with Gasteiger partial charge in [-0.05, 0) is 62.1 Å². The third-order valence-corrected chi connectivity index (χ3v) is 7.87. The predicted molar refractivity (Wildman–Crippen MR) is 145 cm³/mol. The fourth-order valence-corrected chi connectivity index (χ4v) is 5.49. The summed E-state index contributed by atoms with van der Waals surface area (Å²) < 4.78 is 5.70. The van der Waals surface area contributed by atoms with Crippen LogP contribution in [0.25, 0.3) is 10.8 Å². The molecule has 0 bridgehead atoms. The SMILES string of the molecule is Cc1ccc(OCC(=O)N2CCC(c3nc(C(=O)Nc4cccc5c(=O)[nH][nH]c(=O)c45)cs3)CC2)cc1C. The van der Waals surface area contributed by atoms with Crippen molar-refractivity contribution in [3.8, 4) is 5.75 Å². The molecule has 3 N–H and O–H groups in total. The van der Waals surface area contributed by atoms with Crippen LogP contribution < -0.4 is 21.2 Å². The Labute approximate surface area is 221 Å². The lowest BCUT2D eigenvalue weighted by Crippen LogP contribution is -2.40. The fraction of sp³-hybridized carbons (Fsp3) is 0.296. The Bertz CT molecular complexity index is 1630. The molecule has 11 heteroatoms. The second-order valence-corrected chi connectivity index (χ2v) is 10.2. The first kappa shape index (κ1) is 25.4. The molecule has 0 aliphatic carbocycles. The summed E-state index contributed by atoms with van der Waals surface area (Å²) in [5, 5.41) is 10.1. The van der Waals surface area contributed by atoms with Crippen molar-refractivity contribution in [2.45, 2.75) is 32.6 Å². The van der Waals surface area contributed by atoms with E-state index in [0.717, 1.165) is 23.4 Å². The lowest BCUT2D eigenvalue weighted by Gasteiger charge is -2.31. The number of nitrogens with one attached hydrogen (secondary N) is 3. The van der Waals surface area contributed by atoms with E-state index in [9.17, 15) is 19.2 Å². The van der Waals surface area contributed by atoms with Crippen LogP contribution in [0.2, 0.25) is 0 Å². The summed E-state index contributed by atoms with van der Waals surface area (Å²) in [6.07, 6.45) is 1.48. The monoisotopic (exact) mass is 533 g/mol. The summed E-state index contributed by atoms with van der Waals surface area (Å²) in [7, 11) is 0. The maximum absolute atomic E-state index is 12.9. The molecular weight excluding hydrogens is 506 g/mol. The standard InChI is InChI=1S/C27H27N5O5S/c1-15-6-7-18(12-16(15)2)37-13-22(33)32-10-8-17(9-11-32)27-29-21(14-38-27)25(35)28-20-5-3-4-19-23(20)26(36)31-30-24(19)34/h3-7,12,14,17H,8-11,13H2,1-2H3,(H,28,35)(H,30,34)(H,31,36). The lowest BCUT2D eigenvalue weighted by atomic mass is 9.97. The van der Waals surface area contributed by atoms with Gasteiger partial charge < -0.3 is 15.0 Å². The molecule has 0 atom stereocenters. The number of likely N-dealkylation sites (tertiary alicyclic amines) is 1. The molecule has 1 saturated heterocycles. The van der Waals surface area contributed by atoms with Gasteiger partial charge >= 0.3 is 0 Å². The minimum atomic E-state index is -0.504. The molecule has 0 saturated carbocycles. The molecule has 0 spiro atoms. The zero-order chi connectivity index (χ0) is 26.8. The van der Waals surface area contributed by atoms with E-state index >= 15 is 0 Å². The van der Waals surface area contributed by atoms with Gasteiger partial charge in [-0.1, -0.05) is 12.1 Å². The van der Waals surface area contributed by atoms with Crippen LogP contribution in [-0.2, 0) is 4.79 Å². The second-order valence-electron chi connectivity index (χ2n) is 9.35. The molecule has 2 aromatic heterocycles. The van der Waals surface area contributed by atoms with Crippen molar-refractivity contribution in [1.82, 2.24) is 20.1 Å². The van der Waals surface area contributed by atoms with E-state index in [1.54, 1.807) is 22.4 Å². The number of nitrogens with zero attached hydrogens (tertiary/aromatic N) is 2. The summed E-state index contributed by atoms with van der Waals surface area (Å²) in [5.74, 6) is 0.315. The van der Waals surface area contributed by atoms with E-state index in [1.165, 1.54) is 23.0 Å². The van der Waals surface area contributed by atoms with Gasteiger partial charge in [0.15, 0.2) is 6.61 Å². The van der Waals surface area contributed by atoms with E-state index in [0.29, 0.717) is 18.8 Å². The Morgan fingerprint density at radius 2 is 1.84 bits per heavy atom. The first-order valence-electron chi connectivity index (χ1n) is 12.3. The highest BCUT2D eigenvalue weighted by Gasteiger charge is 2.27. The number of hydrogen-bond donors (Lipinski definition) is 3. The second kappa shape index (κ2) is 10.6. The number of piperidine rings is 1. The molecule has 0 unspecified atom stereocenters. The maximum atomic E-state index is 12.9. The molecule has 1 fully saturated rings. The number of carbonyl (C=O) groups is 2. The van der Waals surface area contributed by atoms with Gasteiger partial charge in [-0.3, -0.25) is 29.4 Å². The summed E-state index contributed by atoms with van der Waals surface area (Å²) >= 11 is 1.40. The Balaban J connectivity index is 1.18. The van der Waals surface area contributed by atoms with E-state index < -0.39 is 17.0 Å². The number of amides is 2. The highest BCUT2D eigenvalue weighted by atomic mass is 32.1. The van der Waals surface area contributed by atoms with Gasteiger partial charge in [0, 0.05) is 24.4 Å². The Kier molecular flexibility index (Phi) is 7.10. The Morgan fingerprint density at radius 1 is 1.08 bits per heavy atom. The predicted octanol–water partition coefficient (Wildman–Crippen LogP) is 3.33. The number of benzene rings is 2. The van der Waals surface area contributed by atoms with E-state index in [-0.39, 0.29) is 40.6 Å². The maximum Gasteiger partial charge on any atom is 0.275 e. The normalized spacial score (nSPS) is 14.0. The van der Waals surface area contributed by atoms with Crippen molar-refractivity contribution in [1.29, 1.82) is 0 Å². The van der Waals surface area contributed by atoms with Gasteiger partial charge in [0.05, 0.1) is 21.5 Å². The number of fused-ring (bicyclic) bond motifs is 1. The van der Waals surface area contributed by atoms with Gasteiger partial charge in [-0.2, -0.15) is 0 Å². The molecular formula is C27H27N5O5S. The highest BCUT2D eigenvalue weighted by Crippen LogP contribution is 2.31.